The minimum atomic E-state index is -0.715. The molecule has 0 amide bonds. The fraction of sp³-hybridized carbons (Fsp3) is 0.136. The number of Topliss-reactive ketones (excluding diaryl/α,β-unsaturated/α-hetero) is 2. The van der Waals surface area contributed by atoms with E-state index in [4.69, 9.17) is 0 Å². The first-order chi connectivity index (χ1) is 23.6. The van der Waals surface area contributed by atoms with Gasteiger partial charge in [-0.1, -0.05) is 146 Å². The summed E-state index contributed by atoms with van der Waals surface area (Å²) in [5, 5.41) is 0. The Morgan fingerprint density at radius 2 is 0.583 bits per heavy atom. The predicted octanol–water partition coefficient (Wildman–Crippen LogP) is 9.12. The van der Waals surface area contributed by atoms with Crippen LogP contribution in [0.25, 0.3) is 0 Å². The first kappa shape index (κ1) is 30.9. The molecule has 0 saturated heterocycles. The highest BCUT2D eigenvalue weighted by molar-refractivity contribution is 6.31. The fourth-order valence-corrected chi connectivity index (χ4v) is 6.62. The number of anilines is 2. The van der Waals surface area contributed by atoms with Gasteiger partial charge >= 0.3 is 0 Å². The minimum Gasteiger partial charge on any atom is -0.363 e. The zero-order valence-electron chi connectivity index (χ0n) is 26.9. The van der Waals surface area contributed by atoms with E-state index in [9.17, 15) is 9.59 Å². The zero-order valence-corrected chi connectivity index (χ0v) is 26.9. The summed E-state index contributed by atoms with van der Waals surface area (Å²) in [4.78, 5) is 31.7. The minimum absolute atomic E-state index is 0.0312. The lowest BCUT2D eigenvalue weighted by Gasteiger charge is -2.33. The molecular weight excluding hydrogens is 588 g/mol. The standard InChI is InChI=1S/C44H38N2O2/c47-43-41(37-21-25-39(26-22-37)45(29-33-13-5-1-6-14-33)30-34-15-7-2-8-16-34)44(48)42(43)38-23-27-40(28-24-38)46(31-35-17-9-3-10-18-35)32-36-19-11-4-12-20-36/h1-28,41-42H,29-32H2. The van der Waals surface area contributed by atoms with Gasteiger partial charge in [0.05, 0.1) is 0 Å². The van der Waals surface area contributed by atoms with Crippen LogP contribution in [0, 0.1) is 0 Å². The van der Waals surface area contributed by atoms with Gasteiger partial charge in [0.2, 0.25) is 0 Å². The normalized spacial score (nSPS) is 15.5. The second kappa shape index (κ2) is 14.4. The average molecular weight is 627 g/mol. The van der Waals surface area contributed by atoms with Gasteiger partial charge in [0, 0.05) is 37.6 Å². The molecule has 4 heteroatoms. The van der Waals surface area contributed by atoms with Crippen molar-refractivity contribution in [2.75, 3.05) is 9.80 Å². The van der Waals surface area contributed by atoms with Crippen molar-refractivity contribution in [2.24, 2.45) is 0 Å². The van der Waals surface area contributed by atoms with Crippen molar-refractivity contribution < 1.29 is 9.59 Å². The quantitative estimate of drug-likeness (QED) is 0.127. The molecular formula is C44H38N2O2. The molecule has 0 bridgehead atoms. The van der Waals surface area contributed by atoms with E-state index in [0.29, 0.717) is 0 Å². The van der Waals surface area contributed by atoms with Crippen LogP contribution in [-0.4, -0.2) is 11.6 Å². The Bertz CT molecular complexity index is 1700. The molecule has 6 aromatic rings. The summed E-state index contributed by atoms with van der Waals surface area (Å²) in [5.41, 5.74) is 8.51. The summed E-state index contributed by atoms with van der Waals surface area (Å²) >= 11 is 0. The SMILES string of the molecule is O=C1C(c2ccc(N(Cc3ccccc3)Cc3ccccc3)cc2)C(=O)C1c1ccc(N(Cc2ccccc2)Cc2ccccc2)cc1. The smallest absolute Gasteiger partial charge is 0.162 e. The fourth-order valence-electron chi connectivity index (χ4n) is 6.62. The zero-order chi connectivity index (χ0) is 32.7. The van der Waals surface area contributed by atoms with E-state index in [-0.39, 0.29) is 11.6 Å². The molecule has 0 aliphatic heterocycles. The topological polar surface area (TPSA) is 40.6 Å². The lowest BCUT2D eigenvalue weighted by Crippen LogP contribution is -2.44. The van der Waals surface area contributed by atoms with E-state index >= 15 is 0 Å². The lowest BCUT2D eigenvalue weighted by molar-refractivity contribution is -0.142. The van der Waals surface area contributed by atoms with Gasteiger partial charge < -0.3 is 9.80 Å². The molecule has 1 aliphatic rings. The largest absolute Gasteiger partial charge is 0.363 e. The van der Waals surface area contributed by atoms with Crippen LogP contribution in [0.15, 0.2) is 170 Å². The van der Waals surface area contributed by atoms with Crippen LogP contribution in [0.5, 0.6) is 0 Å². The van der Waals surface area contributed by atoms with Crippen molar-refractivity contribution in [1.82, 2.24) is 0 Å². The van der Waals surface area contributed by atoms with E-state index in [1.165, 1.54) is 22.3 Å². The summed E-state index contributed by atoms with van der Waals surface area (Å²) in [6, 6.07) is 57.6. The molecule has 236 valence electrons. The van der Waals surface area contributed by atoms with E-state index < -0.39 is 11.8 Å². The number of carbonyl (C=O) groups is 2. The Balaban J connectivity index is 1.06. The third kappa shape index (κ3) is 6.98. The highest BCUT2D eigenvalue weighted by atomic mass is 16.2. The molecule has 4 nitrogen and oxygen atoms in total. The van der Waals surface area contributed by atoms with Gasteiger partial charge in [-0.2, -0.15) is 0 Å². The van der Waals surface area contributed by atoms with Crippen molar-refractivity contribution in [2.45, 2.75) is 38.0 Å². The molecule has 0 heterocycles. The molecule has 0 atom stereocenters. The van der Waals surface area contributed by atoms with Gasteiger partial charge in [-0.05, 0) is 57.6 Å². The van der Waals surface area contributed by atoms with Crippen LogP contribution in [0.2, 0.25) is 0 Å². The number of benzene rings is 6. The number of hydrogen-bond donors (Lipinski definition) is 0. The van der Waals surface area contributed by atoms with Crippen molar-refractivity contribution >= 4 is 22.9 Å². The maximum absolute atomic E-state index is 13.5. The molecule has 1 fully saturated rings. The van der Waals surface area contributed by atoms with Crippen LogP contribution in [0.4, 0.5) is 11.4 Å². The first-order valence-corrected chi connectivity index (χ1v) is 16.6. The maximum Gasteiger partial charge on any atom is 0.162 e. The Kier molecular flexibility index (Phi) is 9.24. The predicted molar refractivity (Wildman–Crippen MR) is 194 cm³/mol. The van der Waals surface area contributed by atoms with Crippen molar-refractivity contribution in [1.29, 1.82) is 0 Å². The second-order valence-corrected chi connectivity index (χ2v) is 12.5. The molecule has 7 rings (SSSR count). The van der Waals surface area contributed by atoms with Crippen LogP contribution in [0.1, 0.15) is 45.2 Å². The van der Waals surface area contributed by atoms with E-state index in [1.54, 1.807) is 0 Å². The molecule has 0 radical (unpaired) electrons. The van der Waals surface area contributed by atoms with Crippen LogP contribution in [-0.2, 0) is 35.8 Å². The van der Waals surface area contributed by atoms with Gasteiger partial charge in [-0.25, -0.2) is 0 Å². The summed E-state index contributed by atoms with van der Waals surface area (Å²) in [6.07, 6.45) is 0. The Morgan fingerprint density at radius 1 is 0.333 bits per heavy atom. The molecule has 48 heavy (non-hydrogen) atoms. The molecule has 0 aromatic heterocycles. The highest BCUT2D eigenvalue weighted by Crippen LogP contribution is 2.42. The number of nitrogens with zero attached hydrogens (tertiary/aromatic N) is 2. The van der Waals surface area contributed by atoms with Gasteiger partial charge in [0.15, 0.2) is 11.6 Å². The van der Waals surface area contributed by atoms with Gasteiger partial charge in [-0.3, -0.25) is 9.59 Å². The number of rotatable bonds is 12. The molecule has 1 saturated carbocycles. The van der Waals surface area contributed by atoms with E-state index in [1.807, 2.05) is 72.8 Å². The van der Waals surface area contributed by atoms with Crippen molar-refractivity contribution in [3.8, 4) is 0 Å². The summed E-state index contributed by atoms with van der Waals surface area (Å²) in [7, 11) is 0. The average Bonchev–Trinajstić information content (AvgIpc) is 3.14. The monoisotopic (exact) mass is 626 g/mol. The molecule has 0 N–H and O–H groups in total. The number of carbonyl (C=O) groups excluding carboxylic acids is 2. The summed E-state index contributed by atoms with van der Waals surface area (Å²) in [5.74, 6) is -1.49. The van der Waals surface area contributed by atoms with E-state index in [2.05, 4.69) is 107 Å². The second-order valence-electron chi connectivity index (χ2n) is 12.5. The molecule has 0 spiro atoms. The Labute approximate surface area is 282 Å². The molecule has 6 aromatic carbocycles. The summed E-state index contributed by atoms with van der Waals surface area (Å²) < 4.78 is 0. The molecule has 1 aliphatic carbocycles. The third-order valence-electron chi connectivity index (χ3n) is 9.19. The Morgan fingerprint density at radius 3 is 0.833 bits per heavy atom. The maximum atomic E-state index is 13.5. The molecule has 0 unspecified atom stereocenters. The number of ketones is 2. The van der Waals surface area contributed by atoms with Crippen molar-refractivity contribution in [3.63, 3.8) is 0 Å². The summed E-state index contributed by atoms with van der Waals surface area (Å²) in [6.45, 7) is 3.01. The Hall–Kier alpha value is -5.74. The van der Waals surface area contributed by atoms with Crippen LogP contribution < -0.4 is 9.80 Å². The van der Waals surface area contributed by atoms with E-state index in [0.717, 1.165) is 48.7 Å². The number of hydrogen-bond acceptors (Lipinski definition) is 4. The highest BCUT2D eigenvalue weighted by Gasteiger charge is 2.50. The third-order valence-corrected chi connectivity index (χ3v) is 9.19. The van der Waals surface area contributed by atoms with Crippen molar-refractivity contribution in [3.05, 3.63) is 203 Å². The van der Waals surface area contributed by atoms with Gasteiger partial charge in [0.1, 0.15) is 11.8 Å². The first-order valence-electron chi connectivity index (χ1n) is 16.6. The van der Waals surface area contributed by atoms with Crippen LogP contribution >= 0.6 is 0 Å². The van der Waals surface area contributed by atoms with Gasteiger partial charge in [-0.15, -0.1) is 0 Å². The van der Waals surface area contributed by atoms with Gasteiger partial charge in [0.25, 0.3) is 0 Å². The lowest BCUT2D eigenvalue weighted by atomic mass is 9.66. The van der Waals surface area contributed by atoms with Crippen LogP contribution in [0.3, 0.4) is 0 Å².